The Morgan fingerprint density at radius 1 is 0.812 bits per heavy atom. The summed E-state index contributed by atoms with van der Waals surface area (Å²) < 4.78 is 7.50. The number of para-hydroxylation sites is 2. The predicted octanol–water partition coefficient (Wildman–Crippen LogP) is 6.63. The fraction of sp³-hybridized carbons (Fsp3) is 0.0400. The van der Waals surface area contributed by atoms with E-state index in [1.54, 1.807) is 36.4 Å². The fourth-order valence-corrected chi connectivity index (χ4v) is 4.18. The van der Waals surface area contributed by atoms with Crippen LogP contribution in [-0.4, -0.2) is 18.4 Å². The van der Waals surface area contributed by atoms with Crippen LogP contribution >= 0.6 is 31.9 Å². The smallest absolute Gasteiger partial charge is 0.262 e. The van der Waals surface area contributed by atoms with Crippen molar-refractivity contribution < 1.29 is 14.3 Å². The zero-order valence-corrected chi connectivity index (χ0v) is 19.9. The highest BCUT2D eigenvalue weighted by Gasteiger charge is 2.14. The van der Waals surface area contributed by atoms with Gasteiger partial charge in [0.15, 0.2) is 6.61 Å². The molecular weight excluding hydrogens is 536 g/mol. The summed E-state index contributed by atoms with van der Waals surface area (Å²) in [7, 11) is 0. The van der Waals surface area contributed by atoms with E-state index in [2.05, 4.69) is 42.5 Å². The third-order valence-corrected chi connectivity index (χ3v) is 6.03. The average molecular weight is 554 g/mol. The molecule has 0 saturated carbocycles. The van der Waals surface area contributed by atoms with E-state index in [9.17, 15) is 9.59 Å². The largest absolute Gasteiger partial charge is 0.483 e. The lowest BCUT2D eigenvalue weighted by molar-refractivity contribution is -0.118. The van der Waals surface area contributed by atoms with Crippen LogP contribution in [0.15, 0.2) is 93.9 Å². The molecule has 4 rings (SSSR count). The Hall–Kier alpha value is -3.16. The van der Waals surface area contributed by atoms with Gasteiger partial charge in [-0.3, -0.25) is 9.59 Å². The van der Waals surface area contributed by atoms with Gasteiger partial charge in [0.25, 0.3) is 11.8 Å². The summed E-state index contributed by atoms with van der Waals surface area (Å²) in [6.45, 7) is -0.199. The maximum Gasteiger partial charge on any atom is 0.262 e. The van der Waals surface area contributed by atoms with Gasteiger partial charge in [0.2, 0.25) is 0 Å². The molecule has 0 unspecified atom stereocenters. The van der Waals surface area contributed by atoms with Gasteiger partial charge in [-0.2, -0.15) is 0 Å². The maximum atomic E-state index is 12.7. The first kappa shape index (κ1) is 22.0. The third-order valence-electron chi connectivity index (χ3n) is 4.72. The van der Waals surface area contributed by atoms with Crippen LogP contribution in [0.4, 0.5) is 11.4 Å². The first-order chi connectivity index (χ1) is 15.5. The van der Waals surface area contributed by atoms with Crippen LogP contribution in [0.25, 0.3) is 10.8 Å². The van der Waals surface area contributed by atoms with Gasteiger partial charge in [0.05, 0.1) is 15.7 Å². The molecule has 0 atom stereocenters. The minimum Gasteiger partial charge on any atom is -0.483 e. The number of carbonyl (C=O) groups is 2. The molecule has 0 heterocycles. The van der Waals surface area contributed by atoms with E-state index in [4.69, 9.17) is 4.74 Å². The molecule has 4 aromatic rings. The zero-order chi connectivity index (χ0) is 22.5. The minimum absolute atomic E-state index is 0.199. The number of ether oxygens (including phenoxy) is 1. The standard InChI is InChI=1S/C25H18Br2N2O3/c26-17-11-12-19-16(14-17)10-13-22(24(19)27)32-15-23(30)29-21-9-5-4-8-20(21)25(31)28-18-6-2-1-3-7-18/h1-14H,15H2,(H,28,31)(H,29,30). The second-order valence-electron chi connectivity index (χ2n) is 6.95. The van der Waals surface area contributed by atoms with E-state index in [0.29, 0.717) is 22.7 Å². The van der Waals surface area contributed by atoms with Crippen LogP contribution in [0, 0.1) is 0 Å². The topological polar surface area (TPSA) is 67.4 Å². The molecule has 0 aliphatic rings. The normalized spacial score (nSPS) is 10.6. The maximum absolute atomic E-state index is 12.7. The van der Waals surface area contributed by atoms with E-state index in [1.807, 2.05) is 48.5 Å². The molecule has 0 saturated heterocycles. The van der Waals surface area contributed by atoms with E-state index >= 15 is 0 Å². The molecule has 7 heteroatoms. The molecule has 0 aliphatic carbocycles. The van der Waals surface area contributed by atoms with Crippen LogP contribution in [0.2, 0.25) is 0 Å². The highest BCUT2D eigenvalue weighted by atomic mass is 79.9. The number of halogens is 2. The van der Waals surface area contributed by atoms with E-state index in [1.165, 1.54) is 0 Å². The lowest BCUT2D eigenvalue weighted by Crippen LogP contribution is -2.23. The van der Waals surface area contributed by atoms with Crippen molar-refractivity contribution in [3.63, 3.8) is 0 Å². The summed E-state index contributed by atoms with van der Waals surface area (Å²) in [5.74, 6) is -0.116. The molecule has 2 N–H and O–H groups in total. The Labute approximate surface area is 202 Å². The monoisotopic (exact) mass is 552 g/mol. The van der Waals surface area contributed by atoms with Gasteiger partial charge >= 0.3 is 0 Å². The highest BCUT2D eigenvalue weighted by Crippen LogP contribution is 2.34. The average Bonchev–Trinajstić information content (AvgIpc) is 2.79. The Balaban J connectivity index is 1.44. The second-order valence-corrected chi connectivity index (χ2v) is 8.65. The van der Waals surface area contributed by atoms with Crippen LogP contribution in [0.5, 0.6) is 5.75 Å². The summed E-state index contributed by atoms with van der Waals surface area (Å²) >= 11 is 7.02. The fourth-order valence-electron chi connectivity index (χ4n) is 3.19. The molecule has 160 valence electrons. The molecular formula is C25H18Br2N2O3. The number of amides is 2. The minimum atomic E-state index is -0.368. The molecule has 32 heavy (non-hydrogen) atoms. The summed E-state index contributed by atoms with van der Waals surface area (Å²) in [5, 5.41) is 7.62. The molecule has 0 aliphatic heterocycles. The van der Waals surface area contributed by atoms with Crippen LogP contribution < -0.4 is 15.4 Å². The van der Waals surface area contributed by atoms with Crippen molar-refractivity contribution in [2.45, 2.75) is 0 Å². The first-order valence-electron chi connectivity index (χ1n) is 9.77. The summed E-state index contributed by atoms with van der Waals surface area (Å²) in [6, 6.07) is 25.7. The van der Waals surface area contributed by atoms with Crippen LogP contribution in [0.1, 0.15) is 10.4 Å². The molecule has 0 bridgehead atoms. The zero-order valence-electron chi connectivity index (χ0n) is 16.8. The second kappa shape index (κ2) is 9.97. The van der Waals surface area contributed by atoms with Crippen molar-refractivity contribution in [2.24, 2.45) is 0 Å². The number of fused-ring (bicyclic) bond motifs is 1. The lowest BCUT2D eigenvalue weighted by Gasteiger charge is -2.13. The van der Waals surface area contributed by atoms with Gasteiger partial charge in [0, 0.05) is 10.2 Å². The first-order valence-corrected chi connectivity index (χ1v) is 11.4. The SMILES string of the molecule is O=C(COc1ccc2cc(Br)ccc2c1Br)Nc1ccccc1C(=O)Nc1ccccc1. The van der Waals surface area contributed by atoms with Gasteiger partial charge < -0.3 is 15.4 Å². The van der Waals surface area contributed by atoms with Crippen molar-refractivity contribution in [1.82, 2.24) is 0 Å². The molecule has 4 aromatic carbocycles. The molecule has 0 aromatic heterocycles. The molecule has 5 nitrogen and oxygen atoms in total. The van der Waals surface area contributed by atoms with Gasteiger partial charge in [-0.25, -0.2) is 0 Å². The van der Waals surface area contributed by atoms with Crippen molar-refractivity contribution in [1.29, 1.82) is 0 Å². The van der Waals surface area contributed by atoms with Gasteiger partial charge in [-0.05, 0) is 69.2 Å². The summed E-state index contributed by atoms with van der Waals surface area (Å²) in [4.78, 5) is 25.2. The number of rotatable bonds is 6. The van der Waals surface area contributed by atoms with Crippen molar-refractivity contribution in [3.05, 3.63) is 99.4 Å². The number of carbonyl (C=O) groups excluding carboxylic acids is 2. The number of nitrogens with one attached hydrogen (secondary N) is 2. The molecule has 0 radical (unpaired) electrons. The highest BCUT2D eigenvalue weighted by molar-refractivity contribution is 9.11. The van der Waals surface area contributed by atoms with Crippen LogP contribution in [0.3, 0.4) is 0 Å². The predicted molar refractivity (Wildman–Crippen MR) is 134 cm³/mol. The van der Waals surface area contributed by atoms with E-state index in [0.717, 1.165) is 19.7 Å². The number of hydrogen-bond acceptors (Lipinski definition) is 3. The number of anilines is 2. The van der Waals surface area contributed by atoms with Crippen molar-refractivity contribution in [2.75, 3.05) is 17.2 Å². The quantitative estimate of drug-likeness (QED) is 0.281. The number of hydrogen-bond donors (Lipinski definition) is 2. The Morgan fingerprint density at radius 2 is 1.56 bits per heavy atom. The van der Waals surface area contributed by atoms with Gasteiger partial charge in [-0.1, -0.05) is 58.4 Å². The van der Waals surface area contributed by atoms with Gasteiger partial charge in [-0.15, -0.1) is 0 Å². The van der Waals surface area contributed by atoms with E-state index < -0.39 is 0 Å². The lowest BCUT2D eigenvalue weighted by atomic mass is 10.1. The Morgan fingerprint density at radius 3 is 2.38 bits per heavy atom. The van der Waals surface area contributed by atoms with E-state index in [-0.39, 0.29) is 18.4 Å². The van der Waals surface area contributed by atoms with Crippen molar-refractivity contribution >= 4 is 65.8 Å². The molecule has 0 spiro atoms. The third kappa shape index (κ3) is 5.18. The summed E-state index contributed by atoms with van der Waals surface area (Å²) in [6.07, 6.45) is 0. The molecule has 0 fully saturated rings. The molecule has 2 amide bonds. The van der Waals surface area contributed by atoms with Crippen LogP contribution in [-0.2, 0) is 4.79 Å². The number of benzene rings is 4. The van der Waals surface area contributed by atoms with Gasteiger partial charge in [0.1, 0.15) is 5.75 Å². The Bertz CT molecular complexity index is 1290. The van der Waals surface area contributed by atoms with Crippen molar-refractivity contribution in [3.8, 4) is 5.75 Å². The Kier molecular flexibility index (Phi) is 6.87. The summed E-state index contributed by atoms with van der Waals surface area (Å²) in [5.41, 5.74) is 1.45.